The number of methoxy groups -OCH3 is 1. The fraction of sp³-hybridized carbons (Fsp3) is 0.235. The van der Waals surface area contributed by atoms with E-state index in [0.29, 0.717) is 6.54 Å². The second-order valence-corrected chi connectivity index (χ2v) is 6.33. The molecule has 0 radical (unpaired) electrons. The van der Waals surface area contributed by atoms with Crippen molar-refractivity contribution in [1.82, 2.24) is 4.98 Å². The van der Waals surface area contributed by atoms with Crippen molar-refractivity contribution in [3.05, 3.63) is 52.8 Å². The molecule has 22 heavy (non-hydrogen) atoms. The largest absolute Gasteiger partial charge is 0.497 e. The molecule has 0 atom stereocenters. The number of benzene rings is 1. The molecule has 0 unspecified atom stereocenters. The molecule has 0 saturated carbocycles. The van der Waals surface area contributed by atoms with Gasteiger partial charge in [0.25, 0.3) is 0 Å². The summed E-state index contributed by atoms with van der Waals surface area (Å²) in [6, 6.07) is 10.1. The van der Waals surface area contributed by atoms with Crippen molar-refractivity contribution in [3.63, 3.8) is 0 Å². The van der Waals surface area contributed by atoms with Gasteiger partial charge in [-0.1, -0.05) is 0 Å². The van der Waals surface area contributed by atoms with Crippen LogP contribution in [-0.4, -0.2) is 12.1 Å². The van der Waals surface area contributed by atoms with E-state index in [1.165, 1.54) is 16.0 Å². The van der Waals surface area contributed by atoms with E-state index >= 15 is 0 Å². The van der Waals surface area contributed by atoms with Gasteiger partial charge < -0.3 is 14.5 Å². The highest BCUT2D eigenvalue weighted by Gasteiger charge is 2.21. The third-order valence-electron chi connectivity index (χ3n) is 3.88. The maximum atomic E-state index is 5.34. The summed E-state index contributed by atoms with van der Waals surface area (Å²) in [6.07, 6.45) is 3.77. The molecule has 5 heteroatoms. The zero-order valence-electron chi connectivity index (χ0n) is 12.3. The fourth-order valence-electron chi connectivity index (χ4n) is 2.77. The van der Waals surface area contributed by atoms with Crippen LogP contribution in [0.5, 0.6) is 5.75 Å². The van der Waals surface area contributed by atoms with Gasteiger partial charge in [0.2, 0.25) is 0 Å². The number of rotatable bonds is 4. The SMILES string of the molecule is COc1ccc2c(c1)CCc1sc(NCc3ccco3)nc1-2. The van der Waals surface area contributed by atoms with E-state index in [1.54, 1.807) is 24.7 Å². The molecule has 2 aromatic heterocycles. The maximum Gasteiger partial charge on any atom is 0.183 e. The minimum absolute atomic E-state index is 0.662. The van der Waals surface area contributed by atoms with Crippen LogP contribution in [0, 0.1) is 0 Å². The van der Waals surface area contributed by atoms with Gasteiger partial charge >= 0.3 is 0 Å². The molecule has 1 aromatic carbocycles. The Balaban J connectivity index is 1.61. The van der Waals surface area contributed by atoms with E-state index < -0.39 is 0 Å². The van der Waals surface area contributed by atoms with Crippen molar-refractivity contribution >= 4 is 16.5 Å². The molecule has 1 aliphatic carbocycles. The smallest absolute Gasteiger partial charge is 0.183 e. The minimum atomic E-state index is 0.662. The Morgan fingerprint density at radius 3 is 3.09 bits per heavy atom. The summed E-state index contributed by atoms with van der Waals surface area (Å²) in [5, 5.41) is 4.30. The zero-order valence-corrected chi connectivity index (χ0v) is 13.1. The molecule has 0 spiro atoms. The number of hydrogen-bond acceptors (Lipinski definition) is 5. The summed E-state index contributed by atoms with van der Waals surface area (Å²) in [7, 11) is 1.70. The van der Waals surface area contributed by atoms with Crippen molar-refractivity contribution in [2.24, 2.45) is 0 Å². The lowest BCUT2D eigenvalue weighted by atomic mass is 9.93. The van der Waals surface area contributed by atoms with Crippen molar-refractivity contribution in [1.29, 1.82) is 0 Å². The summed E-state index contributed by atoms with van der Waals surface area (Å²) in [5.74, 6) is 1.83. The van der Waals surface area contributed by atoms with E-state index in [2.05, 4.69) is 17.4 Å². The number of thiazole rings is 1. The van der Waals surface area contributed by atoms with Gasteiger partial charge in [-0.25, -0.2) is 4.98 Å². The van der Waals surface area contributed by atoms with E-state index in [0.717, 1.165) is 35.2 Å². The van der Waals surface area contributed by atoms with Crippen molar-refractivity contribution in [2.45, 2.75) is 19.4 Å². The number of aromatic nitrogens is 1. The molecule has 0 aliphatic heterocycles. The van der Waals surface area contributed by atoms with Crippen LogP contribution in [0.2, 0.25) is 0 Å². The van der Waals surface area contributed by atoms with Crippen LogP contribution in [0.3, 0.4) is 0 Å². The summed E-state index contributed by atoms with van der Waals surface area (Å²) in [4.78, 5) is 6.12. The Hall–Kier alpha value is -2.27. The van der Waals surface area contributed by atoms with Gasteiger partial charge in [-0.2, -0.15) is 0 Å². The molecule has 0 saturated heterocycles. The lowest BCUT2D eigenvalue weighted by molar-refractivity contribution is 0.414. The Kier molecular flexibility index (Phi) is 3.35. The minimum Gasteiger partial charge on any atom is -0.497 e. The molecule has 1 N–H and O–H groups in total. The van der Waals surface area contributed by atoms with E-state index in [4.69, 9.17) is 14.1 Å². The molecule has 2 heterocycles. The Labute approximate surface area is 132 Å². The summed E-state index contributed by atoms with van der Waals surface area (Å²) >= 11 is 1.74. The molecule has 112 valence electrons. The number of ether oxygens (including phenoxy) is 1. The highest BCUT2D eigenvalue weighted by Crippen LogP contribution is 2.39. The first-order chi connectivity index (χ1) is 10.8. The highest BCUT2D eigenvalue weighted by molar-refractivity contribution is 7.16. The van der Waals surface area contributed by atoms with Gasteiger partial charge in [0, 0.05) is 10.4 Å². The number of fused-ring (bicyclic) bond motifs is 3. The van der Waals surface area contributed by atoms with Crippen molar-refractivity contribution in [3.8, 4) is 17.0 Å². The van der Waals surface area contributed by atoms with Gasteiger partial charge in [-0.15, -0.1) is 11.3 Å². The third kappa shape index (κ3) is 2.37. The van der Waals surface area contributed by atoms with Gasteiger partial charge in [0.05, 0.1) is 25.6 Å². The van der Waals surface area contributed by atoms with Crippen LogP contribution in [-0.2, 0) is 19.4 Å². The average molecular weight is 312 g/mol. The van der Waals surface area contributed by atoms with E-state index in [-0.39, 0.29) is 0 Å². The first-order valence-electron chi connectivity index (χ1n) is 7.27. The molecular formula is C17H16N2O2S. The lowest BCUT2D eigenvalue weighted by Gasteiger charge is -2.15. The number of nitrogens with zero attached hydrogens (tertiary/aromatic N) is 1. The number of anilines is 1. The predicted molar refractivity (Wildman–Crippen MR) is 87.5 cm³/mol. The summed E-state index contributed by atoms with van der Waals surface area (Å²) in [6.45, 7) is 0.662. The standard InChI is InChI=1S/C17H16N2O2S/c1-20-12-5-6-14-11(9-12)4-7-15-16(14)19-17(22-15)18-10-13-3-2-8-21-13/h2-3,5-6,8-9H,4,7,10H2,1H3,(H,18,19). The van der Waals surface area contributed by atoms with Crippen molar-refractivity contribution in [2.75, 3.05) is 12.4 Å². The molecule has 0 amide bonds. The predicted octanol–water partition coefficient (Wildman–Crippen LogP) is 4.12. The normalized spacial score (nSPS) is 12.6. The van der Waals surface area contributed by atoms with Crippen LogP contribution in [0.1, 0.15) is 16.2 Å². The van der Waals surface area contributed by atoms with Gasteiger partial charge in [-0.3, -0.25) is 0 Å². The van der Waals surface area contributed by atoms with Crippen LogP contribution < -0.4 is 10.1 Å². The number of nitrogens with one attached hydrogen (secondary N) is 1. The van der Waals surface area contributed by atoms with Crippen LogP contribution >= 0.6 is 11.3 Å². The van der Waals surface area contributed by atoms with Gasteiger partial charge in [0.1, 0.15) is 11.5 Å². The third-order valence-corrected chi connectivity index (χ3v) is 4.95. The fourth-order valence-corrected chi connectivity index (χ4v) is 3.74. The van der Waals surface area contributed by atoms with Crippen LogP contribution in [0.15, 0.2) is 41.0 Å². The molecule has 1 aliphatic rings. The summed E-state index contributed by atoms with van der Waals surface area (Å²) < 4.78 is 10.7. The Bertz CT molecular complexity index is 793. The topological polar surface area (TPSA) is 47.3 Å². The van der Waals surface area contributed by atoms with Crippen molar-refractivity contribution < 1.29 is 9.15 Å². The first-order valence-corrected chi connectivity index (χ1v) is 8.08. The lowest BCUT2D eigenvalue weighted by Crippen LogP contribution is -2.02. The number of hydrogen-bond donors (Lipinski definition) is 1. The quantitative estimate of drug-likeness (QED) is 0.787. The second kappa shape index (κ2) is 5.50. The van der Waals surface area contributed by atoms with Gasteiger partial charge in [0.15, 0.2) is 5.13 Å². The monoisotopic (exact) mass is 312 g/mol. The summed E-state index contributed by atoms with van der Waals surface area (Å²) in [5.41, 5.74) is 3.65. The van der Waals surface area contributed by atoms with Gasteiger partial charge in [-0.05, 0) is 48.7 Å². The first kappa shape index (κ1) is 13.4. The molecule has 0 fully saturated rings. The van der Waals surface area contributed by atoms with Crippen LogP contribution in [0.4, 0.5) is 5.13 Å². The zero-order chi connectivity index (χ0) is 14.9. The maximum absolute atomic E-state index is 5.34. The highest BCUT2D eigenvalue weighted by atomic mass is 32.1. The molecule has 3 aromatic rings. The molecule has 4 nitrogen and oxygen atoms in total. The van der Waals surface area contributed by atoms with E-state index in [1.807, 2.05) is 18.2 Å². The number of aryl methyl sites for hydroxylation is 2. The molecule has 0 bridgehead atoms. The Morgan fingerprint density at radius 2 is 2.27 bits per heavy atom. The Morgan fingerprint density at radius 1 is 1.32 bits per heavy atom. The van der Waals surface area contributed by atoms with E-state index in [9.17, 15) is 0 Å². The molecule has 4 rings (SSSR count). The molecular weight excluding hydrogens is 296 g/mol. The van der Waals surface area contributed by atoms with Crippen LogP contribution in [0.25, 0.3) is 11.3 Å². The number of furan rings is 1. The second-order valence-electron chi connectivity index (χ2n) is 5.25. The average Bonchev–Trinajstić information content (AvgIpc) is 3.21.